The first-order valence-electron chi connectivity index (χ1n) is 6.47. The van der Waals surface area contributed by atoms with Crippen LogP contribution in [0.1, 0.15) is 22.2 Å². The molecule has 21 heavy (non-hydrogen) atoms. The molecule has 0 unspecified atom stereocenters. The second kappa shape index (κ2) is 5.25. The maximum Gasteiger partial charge on any atom is 0.233 e. The van der Waals surface area contributed by atoms with Crippen LogP contribution in [-0.2, 0) is 11.2 Å². The Bertz CT molecular complexity index is 822. The minimum absolute atomic E-state index is 0.192. The van der Waals surface area contributed by atoms with Gasteiger partial charge in [-0.1, -0.05) is 0 Å². The minimum Gasteiger partial charge on any atom is -0.443 e. The molecular weight excluding hydrogens is 288 g/mol. The number of hydrogen-bond donors (Lipinski definition) is 1. The normalized spacial score (nSPS) is 11.0. The van der Waals surface area contributed by atoms with Crippen LogP contribution in [0.4, 0.5) is 5.95 Å². The van der Waals surface area contributed by atoms with Crippen LogP contribution in [0, 0.1) is 20.8 Å². The topological polar surface area (TPSA) is 80.9 Å². The lowest BCUT2D eigenvalue weighted by atomic mass is 10.3. The van der Waals surface area contributed by atoms with Crippen molar-refractivity contribution in [3.63, 3.8) is 0 Å². The van der Waals surface area contributed by atoms with Gasteiger partial charge in [-0.05, 0) is 26.8 Å². The van der Waals surface area contributed by atoms with Crippen molar-refractivity contribution in [2.75, 3.05) is 5.32 Å². The summed E-state index contributed by atoms with van der Waals surface area (Å²) >= 11 is 1.52. The quantitative estimate of drug-likeness (QED) is 0.804. The third-order valence-electron chi connectivity index (χ3n) is 2.97. The van der Waals surface area contributed by atoms with E-state index in [0.717, 1.165) is 27.5 Å². The molecule has 3 aromatic rings. The molecule has 0 atom stereocenters. The lowest BCUT2D eigenvalue weighted by molar-refractivity contribution is -0.115. The average Bonchev–Trinajstić information content (AvgIpc) is 2.95. The maximum atomic E-state index is 12.0. The molecule has 0 aliphatic rings. The number of amides is 1. The van der Waals surface area contributed by atoms with Gasteiger partial charge in [0.15, 0.2) is 0 Å². The SMILES string of the molecule is Cc1cc2c(C)nc(NC(=O)Cc3csc(C)n3)nc2o1. The molecule has 0 radical (unpaired) electrons. The molecule has 6 nitrogen and oxygen atoms in total. The molecule has 1 amide bonds. The van der Waals surface area contributed by atoms with E-state index in [1.165, 1.54) is 11.3 Å². The highest BCUT2D eigenvalue weighted by Gasteiger charge is 2.12. The number of aryl methyl sites for hydroxylation is 3. The Morgan fingerprint density at radius 3 is 2.81 bits per heavy atom. The molecule has 0 fully saturated rings. The van der Waals surface area contributed by atoms with E-state index in [-0.39, 0.29) is 18.3 Å². The molecular formula is C14H14N4O2S. The number of rotatable bonds is 3. The van der Waals surface area contributed by atoms with Crippen LogP contribution in [0.15, 0.2) is 15.9 Å². The van der Waals surface area contributed by atoms with E-state index in [4.69, 9.17) is 4.42 Å². The van der Waals surface area contributed by atoms with Gasteiger partial charge >= 0.3 is 0 Å². The molecule has 108 valence electrons. The van der Waals surface area contributed by atoms with Crippen molar-refractivity contribution in [2.24, 2.45) is 0 Å². The monoisotopic (exact) mass is 302 g/mol. The van der Waals surface area contributed by atoms with Gasteiger partial charge in [-0.15, -0.1) is 11.3 Å². The van der Waals surface area contributed by atoms with Gasteiger partial charge in [0.25, 0.3) is 0 Å². The van der Waals surface area contributed by atoms with E-state index in [9.17, 15) is 4.79 Å². The van der Waals surface area contributed by atoms with Gasteiger partial charge in [-0.3, -0.25) is 10.1 Å². The minimum atomic E-state index is -0.192. The summed E-state index contributed by atoms with van der Waals surface area (Å²) in [7, 11) is 0. The maximum absolute atomic E-state index is 12.0. The zero-order valence-electron chi connectivity index (χ0n) is 11.9. The number of nitrogens with zero attached hydrogens (tertiary/aromatic N) is 3. The zero-order chi connectivity index (χ0) is 15.0. The summed E-state index contributed by atoms with van der Waals surface area (Å²) in [6, 6.07) is 1.88. The largest absolute Gasteiger partial charge is 0.443 e. The van der Waals surface area contributed by atoms with Crippen molar-refractivity contribution in [1.82, 2.24) is 15.0 Å². The van der Waals surface area contributed by atoms with Crippen LogP contribution in [0.25, 0.3) is 11.1 Å². The lowest BCUT2D eigenvalue weighted by Gasteiger charge is -2.03. The summed E-state index contributed by atoms with van der Waals surface area (Å²) in [5, 5.41) is 6.36. The highest BCUT2D eigenvalue weighted by Crippen LogP contribution is 2.21. The smallest absolute Gasteiger partial charge is 0.233 e. The van der Waals surface area contributed by atoms with Crippen molar-refractivity contribution < 1.29 is 9.21 Å². The zero-order valence-corrected chi connectivity index (χ0v) is 12.7. The number of thiazole rings is 1. The second-order valence-electron chi connectivity index (χ2n) is 4.79. The second-order valence-corrected chi connectivity index (χ2v) is 5.85. The van der Waals surface area contributed by atoms with Crippen molar-refractivity contribution in [2.45, 2.75) is 27.2 Å². The predicted molar refractivity (Wildman–Crippen MR) is 80.5 cm³/mol. The first-order chi connectivity index (χ1) is 10.0. The van der Waals surface area contributed by atoms with Gasteiger partial charge in [0.2, 0.25) is 17.6 Å². The fourth-order valence-corrected chi connectivity index (χ4v) is 2.68. The van der Waals surface area contributed by atoms with Gasteiger partial charge in [-0.2, -0.15) is 4.98 Å². The summed E-state index contributed by atoms with van der Waals surface area (Å²) in [5.74, 6) is 0.831. The Labute approximate surface area is 125 Å². The van der Waals surface area contributed by atoms with Crippen molar-refractivity contribution in [3.05, 3.63) is 33.6 Å². The average molecular weight is 302 g/mol. The summed E-state index contributed by atoms with van der Waals surface area (Å²) in [6.07, 6.45) is 0.210. The Balaban J connectivity index is 1.79. The Hall–Kier alpha value is -2.28. The Kier molecular flexibility index (Phi) is 3.42. The molecule has 1 N–H and O–H groups in total. The molecule has 3 heterocycles. The molecule has 0 saturated carbocycles. The molecule has 0 bridgehead atoms. The number of carbonyl (C=O) groups is 1. The van der Waals surface area contributed by atoms with E-state index < -0.39 is 0 Å². The van der Waals surface area contributed by atoms with E-state index in [1.807, 2.05) is 32.2 Å². The molecule has 0 aliphatic carbocycles. The number of fused-ring (bicyclic) bond motifs is 1. The summed E-state index contributed by atoms with van der Waals surface area (Å²) in [6.45, 7) is 5.62. The van der Waals surface area contributed by atoms with E-state index in [1.54, 1.807) is 0 Å². The third kappa shape index (κ3) is 2.92. The van der Waals surface area contributed by atoms with Crippen molar-refractivity contribution in [3.8, 4) is 0 Å². The summed E-state index contributed by atoms with van der Waals surface area (Å²) in [4.78, 5) is 24.7. The van der Waals surface area contributed by atoms with Gasteiger partial charge in [0.05, 0.1) is 28.2 Å². The van der Waals surface area contributed by atoms with Crippen molar-refractivity contribution >= 4 is 34.3 Å². The van der Waals surface area contributed by atoms with Gasteiger partial charge < -0.3 is 4.42 Å². The fourth-order valence-electron chi connectivity index (χ4n) is 2.06. The highest BCUT2D eigenvalue weighted by atomic mass is 32.1. The van der Waals surface area contributed by atoms with Crippen LogP contribution in [0.2, 0.25) is 0 Å². The van der Waals surface area contributed by atoms with Crippen molar-refractivity contribution in [1.29, 1.82) is 0 Å². The number of furan rings is 1. The molecule has 7 heteroatoms. The molecule has 0 aromatic carbocycles. The molecule has 0 aliphatic heterocycles. The van der Waals surface area contributed by atoms with Gasteiger partial charge in [0.1, 0.15) is 5.76 Å². The van der Waals surface area contributed by atoms with Crippen LogP contribution < -0.4 is 5.32 Å². The van der Waals surface area contributed by atoms with Crippen LogP contribution in [0.3, 0.4) is 0 Å². The number of carbonyl (C=O) groups excluding carboxylic acids is 1. The van der Waals surface area contributed by atoms with Crippen LogP contribution in [-0.4, -0.2) is 20.9 Å². The Morgan fingerprint density at radius 2 is 2.10 bits per heavy atom. The van der Waals surface area contributed by atoms with Gasteiger partial charge in [0, 0.05) is 5.38 Å². The fraction of sp³-hybridized carbons (Fsp3) is 0.286. The standard InChI is InChI=1S/C14H14N4O2S/c1-7-4-11-8(2)15-14(18-13(11)20-7)17-12(19)5-10-6-21-9(3)16-10/h4,6H,5H2,1-3H3,(H,15,17,18,19). The number of hydrogen-bond acceptors (Lipinski definition) is 6. The molecule has 3 rings (SSSR count). The van der Waals surface area contributed by atoms with E-state index >= 15 is 0 Å². The molecule has 0 spiro atoms. The Morgan fingerprint density at radius 1 is 1.29 bits per heavy atom. The first kappa shape index (κ1) is 13.7. The first-order valence-corrected chi connectivity index (χ1v) is 7.35. The molecule has 3 aromatic heterocycles. The third-order valence-corrected chi connectivity index (χ3v) is 3.79. The van der Waals surface area contributed by atoms with E-state index in [0.29, 0.717) is 5.71 Å². The highest BCUT2D eigenvalue weighted by molar-refractivity contribution is 7.09. The van der Waals surface area contributed by atoms with Crippen LogP contribution >= 0.6 is 11.3 Å². The predicted octanol–water partition coefficient (Wildman–Crippen LogP) is 2.79. The van der Waals surface area contributed by atoms with Crippen LogP contribution in [0.5, 0.6) is 0 Å². The number of anilines is 1. The number of aromatic nitrogens is 3. The van der Waals surface area contributed by atoms with E-state index in [2.05, 4.69) is 20.3 Å². The summed E-state index contributed by atoms with van der Waals surface area (Å²) < 4.78 is 5.48. The van der Waals surface area contributed by atoms with Gasteiger partial charge in [-0.25, -0.2) is 9.97 Å². The molecule has 0 saturated heterocycles. The number of nitrogens with one attached hydrogen (secondary N) is 1. The summed E-state index contributed by atoms with van der Waals surface area (Å²) in [5.41, 5.74) is 2.01. The lowest BCUT2D eigenvalue weighted by Crippen LogP contribution is -2.16.